The van der Waals surface area contributed by atoms with E-state index in [1.165, 1.54) is 0 Å². The molecule has 0 aliphatic heterocycles. The molecule has 0 amide bonds. The highest BCUT2D eigenvalue weighted by Gasteiger charge is 2.04. The van der Waals surface area contributed by atoms with Gasteiger partial charge in [-0.2, -0.15) is 5.21 Å². The highest BCUT2D eigenvalue weighted by Crippen LogP contribution is 2.17. The fourth-order valence-corrected chi connectivity index (χ4v) is 1.38. The molecular formula is C9H7N5. The van der Waals surface area contributed by atoms with Crippen molar-refractivity contribution in [1.29, 1.82) is 0 Å². The summed E-state index contributed by atoms with van der Waals surface area (Å²) in [6, 6.07) is 11.8. The minimum Gasteiger partial charge on any atom is -0.177 e. The van der Waals surface area contributed by atoms with Crippen LogP contribution < -0.4 is 0 Å². The number of fused-ring (bicyclic) bond motifs is 1. The number of H-pyrrole nitrogens is 1. The largest absolute Gasteiger partial charge is 0.199 e. The van der Waals surface area contributed by atoms with E-state index in [4.69, 9.17) is 0 Å². The number of rotatable bonds is 1. The van der Waals surface area contributed by atoms with E-state index < -0.39 is 0 Å². The first-order valence-corrected chi connectivity index (χ1v) is 4.26. The van der Waals surface area contributed by atoms with Crippen LogP contribution in [0.4, 0.5) is 0 Å². The Balaban J connectivity index is 2.19. The SMILES string of the molecule is c1ccc(-c2cc3nn[nH]n3n2)cc1. The van der Waals surface area contributed by atoms with Gasteiger partial charge < -0.3 is 0 Å². The first-order chi connectivity index (χ1) is 6.93. The van der Waals surface area contributed by atoms with Gasteiger partial charge in [-0.05, 0) is 5.21 Å². The van der Waals surface area contributed by atoms with E-state index in [1.54, 1.807) is 4.63 Å². The predicted octanol–water partition coefficient (Wildman–Crippen LogP) is 1.12. The second-order valence-electron chi connectivity index (χ2n) is 2.97. The maximum atomic E-state index is 4.28. The molecule has 0 bridgehead atoms. The van der Waals surface area contributed by atoms with E-state index in [0.717, 1.165) is 16.9 Å². The minimum atomic E-state index is 0.726. The second kappa shape index (κ2) is 2.66. The zero-order valence-electron chi connectivity index (χ0n) is 7.25. The van der Waals surface area contributed by atoms with Gasteiger partial charge in [0.05, 0.1) is 5.69 Å². The maximum absolute atomic E-state index is 4.28. The number of benzene rings is 1. The Bertz CT molecular complexity index is 522. The van der Waals surface area contributed by atoms with Gasteiger partial charge in [0.25, 0.3) is 0 Å². The molecular weight excluding hydrogens is 178 g/mol. The van der Waals surface area contributed by atoms with Gasteiger partial charge in [-0.3, -0.25) is 0 Å². The number of aromatic amines is 1. The molecule has 0 unspecified atom stereocenters. The van der Waals surface area contributed by atoms with Crippen LogP contribution >= 0.6 is 0 Å². The summed E-state index contributed by atoms with van der Waals surface area (Å²) in [5.41, 5.74) is 2.70. The van der Waals surface area contributed by atoms with Crippen molar-refractivity contribution >= 4 is 5.65 Å². The Kier molecular flexibility index (Phi) is 1.38. The Hall–Kier alpha value is -2.17. The molecule has 0 radical (unpaired) electrons. The summed E-state index contributed by atoms with van der Waals surface area (Å²) in [7, 11) is 0. The molecule has 0 saturated heterocycles. The predicted molar refractivity (Wildman–Crippen MR) is 50.6 cm³/mol. The van der Waals surface area contributed by atoms with Gasteiger partial charge >= 0.3 is 0 Å². The topological polar surface area (TPSA) is 58.9 Å². The molecule has 0 atom stereocenters. The lowest BCUT2D eigenvalue weighted by atomic mass is 10.2. The smallest absolute Gasteiger partial charge is 0.177 e. The van der Waals surface area contributed by atoms with Crippen molar-refractivity contribution in [2.75, 3.05) is 0 Å². The fourth-order valence-electron chi connectivity index (χ4n) is 1.38. The van der Waals surface area contributed by atoms with Crippen LogP contribution in [0.3, 0.4) is 0 Å². The highest BCUT2D eigenvalue weighted by molar-refractivity contribution is 5.63. The average molecular weight is 185 g/mol. The summed E-state index contributed by atoms with van der Waals surface area (Å²) in [4.78, 5) is 0. The molecule has 3 rings (SSSR count). The first-order valence-electron chi connectivity index (χ1n) is 4.26. The summed E-state index contributed by atoms with van der Waals surface area (Å²) < 4.78 is 1.54. The van der Waals surface area contributed by atoms with Gasteiger partial charge in [0.2, 0.25) is 0 Å². The van der Waals surface area contributed by atoms with Crippen molar-refractivity contribution in [3.8, 4) is 11.3 Å². The van der Waals surface area contributed by atoms with E-state index in [2.05, 4.69) is 20.6 Å². The van der Waals surface area contributed by atoms with Crippen LogP contribution in [0.2, 0.25) is 0 Å². The minimum absolute atomic E-state index is 0.726. The van der Waals surface area contributed by atoms with Crippen molar-refractivity contribution in [3.05, 3.63) is 36.4 Å². The molecule has 2 aromatic heterocycles. The molecule has 0 aliphatic carbocycles. The zero-order chi connectivity index (χ0) is 9.38. The number of hydrogen-bond acceptors (Lipinski definition) is 3. The van der Waals surface area contributed by atoms with Gasteiger partial charge in [-0.15, -0.1) is 14.8 Å². The molecule has 5 heteroatoms. The molecule has 0 fully saturated rings. The summed E-state index contributed by atoms with van der Waals surface area (Å²) in [5.74, 6) is 0. The van der Waals surface area contributed by atoms with Crippen LogP contribution in [0.25, 0.3) is 16.9 Å². The third kappa shape index (κ3) is 0.990. The quantitative estimate of drug-likeness (QED) is 0.618. The van der Waals surface area contributed by atoms with Gasteiger partial charge in [-0.1, -0.05) is 30.3 Å². The van der Waals surface area contributed by atoms with E-state index in [1.807, 2.05) is 36.4 Å². The number of hydrogen-bond donors (Lipinski definition) is 1. The number of nitrogens with zero attached hydrogens (tertiary/aromatic N) is 4. The average Bonchev–Trinajstić information content (AvgIpc) is 2.78. The van der Waals surface area contributed by atoms with Crippen molar-refractivity contribution in [3.63, 3.8) is 0 Å². The normalized spacial score (nSPS) is 10.9. The number of aromatic nitrogens is 5. The van der Waals surface area contributed by atoms with Gasteiger partial charge in [0, 0.05) is 11.6 Å². The molecule has 0 saturated carbocycles. The van der Waals surface area contributed by atoms with Crippen LogP contribution in [-0.2, 0) is 0 Å². The first kappa shape index (κ1) is 7.25. The van der Waals surface area contributed by atoms with Gasteiger partial charge in [0.15, 0.2) is 5.65 Å². The van der Waals surface area contributed by atoms with E-state index in [9.17, 15) is 0 Å². The third-order valence-electron chi connectivity index (χ3n) is 2.05. The molecule has 1 N–H and O–H groups in total. The molecule has 3 aromatic rings. The Morgan fingerprint density at radius 2 is 2.00 bits per heavy atom. The molecule has 0 spiro atoms. The lowest BCUT2D eigenvalue weighted by Gasteiger charge is -1.92. The highest BCUT2D eigenvalue weighted by atomic mass is 15.6. The van der Waals surface area contributed by atoms with Gasteiger partial charge in [0.1, 0.15) is 0 Å². The molecule has 0 aliphatic rings. The van der Waals surface area contributed by atoms with Crippen LogP contribution in [0.15, 0.2) is 36.4 Å². The summed E-state index contributed by atoms with van der Waals surface area (Å²) in [5, 5.41) is 14.4. The Morgan fingerprint density at radius 1 is 1.14 bits per heavy atom. The van der Waals surface area contributed by atoms with Crippen LogP contribution in [0.5, 0.6) is 0 Å². The van der Waals surface area contributed by atoms with E-state index in [-0.39, 0.29) is 0 Å². The van der Waals surface area contributed by atoms with E-state index in [0.29, 0.717) is 0 Å². The van der Waals surface area contributed by atoms with Crippen LogP contribution in [0.1, 0.15) is 0 Å². The van der Waals surface area contributed by atoms with Crippen LogP contribution in [-0.4, -0.2) is 25.3 Å². The Morgan fingerprint density at radius 3 is 2.79 bits per heavy atom. The van der Waals surface area contributed by atoms with Gasteiger partial charge in [-0.25, -0.2) is 0 Å². The van der Waals surface area contributed by atoms with Crippen molar-refractivity contribution in [2.45, 2.75) is 0 Å². The third-order valence-corrected chi connectivity index (χ3v) is 2.05. The van der Waals surface area contributed by atoms with Crippen LogP contribution in [0, 0.1) is 0 Å². The second-order valence-corrected chi connectivity index (χ2v) is 2.97. The fraction of sp³-hybridized carbons (Fsp3) is 0. The van der Waals surface area contributed by atoms with Crippen molar-refractivity contribution in [2.24, 2.45) is 0 Å². The Labute approximate surface area is 79.3 Å². The molecule has 14 heavy (non-hydrogen) atoms. The molecule has 5 nitrogen and oxygen atoms in total. The molecule has 68 valence electrons. The summed E-state index contributed by atoms with van der Waals surface area (Å²) >= 11 is 0. The number of tetrazole rings is 1. The summed E-state index contributed by atoms with van der Waals surface area (Å²) in [6.45, 7) is 0. The van der Waals surface area contributed by atoms with E-state index >= 15 is 0 Å². The van der Waals surface area contributed by atoms with Crippen molar-refractivity contribution < 1.29 is 0 Å². The monoisotopic (exact) mass is 185 g/mol. The standard InChI is InChI=1S/C9H7N5/c1-2-4-7(5-3-1)8-6-9-10-12-13-14(9)11-8/h1-6H,(H,10,13). The van der Waals surface area contributed by atoms with Crippen molar-refractivity contribution in [1.82, 2.24) is 25.3 Å². The maximum Gasteiger partial charge on any atom is 0.199 e. The molecule has 2 heterocycles. The lowest BCUT2D eigenvalue weighted by Crippen LogP contribution is -1.87. The zero-order valence-corrected chi connectivity index (χ0v) is 7.25. The summed E-state index contributed by atoms with van der Waals surface area (Å²) in [6.07, 6.45) is 0. The molecule has 1 aromatic carbocycles. The number of nitrogens with one attached hydrogen (secondary N) is 1. The lowest BCUT2D eigenvalue weighted by molar-refractivity contribution is 0.745.